The first kappa shape index (κ1) is 19.4. The van der Waals surface area contributed by atoms with E-state index in [0.717, 1.165) is 16.8 Å². The minimum atomic E-state index is -0.704. The van der Waals surface area contributed by atoms with Gasteiger partial charge < -0.3 is 20.7 Å². The van der Waals surface area contributed by atoms with Crippen LogP contribution in [0.15, 0.2) is 36.4 Å². The van der Waals surface area contributed by atoms with E-state index in [1.54, 1.807) is 31.2 Å². The lowest BCUT2D eigenvalue weighted by atomic mass is 10.0. The second-order valence-corrected chi connectivity index (χ2v) is 6.69. The standard InChI is InChI=1S/C21H23N3O4/c1-4-28-21(27)14-7-5-6-8-15(14)23-19(25)11-18-20(26)24-17-10-13(3)12(2)9-16(17)22-18/h5-10,18,22H,4,11H2,1-3H3,(H,23,25)(H,24,26). The van der Waals surface area contributed by atoms with Crippen LogP contribution in [-0.4, -0.2) is 30.4 Å². The summed E-state index contributed by atoms with van der Waals surface area (Å²) in [5.41, 5.74) is 4.29. The van der Waals surface area contributed by atoms with E-state index in [0.29, 0.717) is 11.4 Å². The van der Waals surface area contributed by atoms with Gasteiger partial charge in [-0.2, -0.15) is 0 Å². The van der Waals surface area contributed by atoms with Crippen molar-refractivity contribution < 1.29 is 19.1 Å². The molecule has 2 aromatic carbocycles. The number of hydrogen-bond acceptors (Lipinski definition) is 5. The molecule has 28 heavy (non-hydrogen) atoms. The quantitative estimate of drug-likeness (QED) is 0.691. The molecule has 3 N–H and O–H groups in total. The van der Waals surface area contributed by atoms with Crippen LogP contribution in [0.3, 0.4) is 0 Å². The predicted molar refractivity (Wildman–Crippen MR) is 108 cm³/mol. The van der Waals surface area contributed by atoms with Crippen LogP contribution < -0.4 is 16.0 Å². The molecule has 1 atom stereocenters. The molecular weight excluding hydrogens is 358 g/mol. The molecule has 0 spiro atoms. The van der Waals surface area contributed by atoms with Gasteiger partial charge in [-0.15, -0.1) is 0 Å². The number of fused-ring (bicyclic) bond motifs is 1. The summed E-state index contributed by atoms with van der Waals surface area (Å²) in [4.78, 5) is 36.9. The van der Waals surface area contributed by atoms with E-state index in [4.69, 9.17) is 4.74 Å². The molecule has 0 bridgehead atoms. The average Bonchev–Trinajstić information content (AvgIpc) is 2.65. The highest BCUT2D eigenvalue weighted by Crippen LogP contribution is 2.30. The lowest BCUT2D eigenvalue weighted by molar-refractivity contribution is -0.122. The Morgan fingerprint density at radius 1 is 1.11 bits per heavy atom. The maximum Gasteiger partial charge on any atom is 0.340 e. The van der Waals surface area contributed by atoms with E-state index in [9.17, 15) is 14.4 Å². The van der Waals surface area contributed by atoms with Gasteiger partial charge in [-0.1, -0.05) is 12.1 Å². The second-order valence-electron chi connectivity index (χ2n) is 6.69. The zero-order chi connectivity index (χ0) is 20.3. The molecule has 0 aliphatic carbocycles. The summed E-state index contributed by atoms with van der Waals surface area (Å²) < 4.78 is 5.01. The number of carbonyl (C=O) groups excluding carboxylic acids is 3. The lowest BCUT2D eigenvalue weighted by Crippen LogP contribution is -2.41. The maximum absolute atomic E-state index is 12.5. The predicted octanol–water partition coefficient (Wildman–Crippen LogP) is 3.24. The van der Waals surface area contributed by atoms with Crippen LogP contribution in [0.5, 0.6) is 0 Å². The fourth-order valence-electron chi connectivity index (χ4n) is 3.02. The summed E-state index contributed by atoms with van der Waals surface area (Å²) in [6.07, 6.45) is -0.0741. The van der Waals surface area contributed by atoms with Gasteiger partial charge in [0.1, 0.15) is 6.04 Å². The Bertz CT molecular complexity index is 939. The molecular formula is C21H23N3O4. The lowest BCUT2D eigenvalue weighted by Gasteiger charge is -2.27. The van der Waals surface area contributed by atoms with Gasteiger partial charge >= 0.3 is 5.97 Å². The fourth-order valence-corrected chi connectivity index (χ4v) is 3.02. The summed E-state index contributed by atoms with van der Waals surface area (Å²) in [5, 5.41) is 8.67. The van der Waals surface area contributed by atoms with Gasteiger partial charge in [-0.3, -0.25) is 9.59 Å². The Labute approximate surface area is 163 Å². The molecule has 1 aliphatic rings. The molecule has 3 rings (SSSR count). The second kappa shape index (κ2) is 8.12. The van der Waals surface area contributed by atoms with Crippen molar-refractivity contribution >= 4 is 34.8 Å². The van der Waals surface area contributed by atoms with Crippen molar-refractivity contribution in [3.8, 4) is 0 Å². The molecule has 146 valence electrons. The van der Waals surface area contributed by atoms with Crippen LogP contribution >= 0.6 is 0 Å². The fraction of sp³-hybridized carbons (Fsp3) is 0.286. The van der Waals surface area contributed by atoms with Crippen molar-refractivity contribution in [2.75, 3.05) is 22.6 Å². The van der Waals surface area contributed by atoms with Crippen molar-refractivity contribution in [2.24, 2.45) is 0 Å². The number of anilines is 3. The Hall–Kier alpha value is -3.35. The number of nitrogens with one attached hydrogen (secondary N) is 3. The number of para-hydroxylation sites is 1. The van der Waals surface area contributed by atoms with Crippen molar-refractivity contribution in [2.45, 2.75) is 33.2 Å². The Balaban J connectivity index is 1.71. The zero-order valence-electron chi connectivity index (χ0n) is 16.1. The van der Waals surface area contributed by atoms with Gasteiger partial charge in [-0.05, 0) is 56.2 Å². The molecule has 2 aromatic rings. The highest BCUT2D eigenvalue weighted by atomic mass is 16.5. The highest BCUT2D eigenvalue weighted by Gasteiger charge is 2.28. The first-order chi connectivity index (χ1) is 13.4. The van der Waals surface area contributed by atoms with Crippen molar-refractivity contribution in [1.29, 1.82) is 0 Å². The van der Waals surface area contributed by atoms with Gasteiger partial charge in [-0.25, -0.2) is 4.79 Å². The molecule has 1 heterocycles. The van der Waals surface area contributed by atoms with E-state index < -0.39 is 12.0 Å². The van der Waals surface area contributed by atoms with Crippen molar-refractivity contribution in [3.05, 3.63) is 53.1 Å². The number of amides is 2. The maximum atomic E-state index is 12.5. The third kappa shape index (κ3) is 4.14. The Kier molecular flexibility index (Phi) is 5.63. The van der Waals surface area contributed by atoms with Gasteiger partial charge in [0.05, 0.1) is 35.7 Å². The normalized spacial score (nSPS) is 15.1. The molecule has 0 radical (unpaired) electrons. The van der Waals surface area contributed by atoms with Gasteiger partial charge in [0.15, 0.2) is 0 Å². The van der Waals surface area contributed by atoms with Crippen LogP contribution in [0, 0.1) is 13.8 Å². The average molecular weight is 381 g/mol. The third-order valence-electron chi connectivity index (χ3n) is 4.62. The number of benzene rings is 2. The molecule has 7 nitrogen and oxygen atoms in total. The number of ether oxygens (including phenoxy) is 1. The van der Waals surface area contributed by atoms with E-state index >= 15 is 0 Å². The topological polar surface area (TPSA) is 96.5 Å². The molecule has 2 amide bonds. The first-order valence-electron chi connectivity index (χ1n) is 9.13. The SMILES string of the molecule is CCOC(=O)c1ccccc1NC(=O)CC1Nc2cc(C)c(C)cc2NC1=O. The molecule has 0 fully saturated rings. The molecule has 7 heteroatoms. The minimum Gasteiger partial charge on any atom is -0.462 e. The molecule has 0 aromatic heterocycles. The Morgan fingerprint density at radius 3 is 2.50 bits per heavy atom. The van der Waals surface area contributed by atoms with Gasteiger partial charge in [0, 0.05) is 0 Å². The Morgan fingerprint density at radius 2 is 1.79 bits per heavy atom. The van der Waals surface area contributed by atoms with Crippen LogP contribution in [0.4, 0.5) is 17.1 Å². The van der Waals surface area contributed by atoms with E-state index in [1.807, 2.05) is 26.0 Å². The van der Waals surface area contributed by atoms with Gasteiger partial charge in [0.2, 0.25) is 11.8 Å². The number of hydrogen-bond donors (Lipinski definition) is 3. The smallest absolute Gasteiger partial charge is 0.340 e. The van der Waals surface area contributed by atoms with E-state index in [-0.39, 0.29) is 30.4 Å². The minimum absolute atomic E-state index is 0.0741. The summed E-state index contributed by atoms with van der Waals surface area (Å²) in [6.45, 7) is 5.92. The molecule has 0 saturated heterocycles. The van der Waals surface area contributed by atoms with Crippen LogP contribution in [0.25, 0.3) is 0 Å². The van der Waals surface area contributed by atoms with E-state index in [1.165, 1.54) is 0 Å². The summed E-state index contributed by atoms with van der Waals surface area (Å²) in [6, 6.07) is 9.77. The van der Waals surface area contributed by atoms with Crippen LogP contribution in [-0.2, 0) is 14.3 Å². The summed E-state index contributed by atoms with van der Waals surface area (Å²) in [7, 11) is 0. The first-order valence-corrected chi connectivity index (χ1v) is 9.13. The van der Waals surface area contributed by atoms with Crippen LogP contribution in [0.2, 0.25) is 0 Å². The van der Waals surface area contributed by atoms with Crippen molar-refractivity contribution in [3.63, 3.8) is 0 Å². The highest BCUT2D eigenvalue weighted by molar-refractivity contribution is 6.07. The third-order valence-corrected chi connectivity index (χ3v) is 4.62. The molecule has 0 saturated carbocycles. The number of aryl methyl sites for hydroxylation is 2. The monoisotopic (exact) mass is 381 g/mol. The largest absolute Gasteiger partial charge is 0.462 e. The summed E-state index contributed by atoms with van der Waals surface area (Å²) in [5.74, 6) is -1.16. The number of rotatable bonds is 5. The number of carbonyl (C=O) groups is 3. The van der Waals surface area contributed by atoms with E-state index in [2.05, 4.69) is 16.0 Å². The molecule has 1 aliphatic heterocycles. The van der Waals surface area contributed by atoms with Gasteiger partial charge in [0.25, 0.3) is 0 Å². The number of esters is 1. The summed E-state index contributed by atoms with van der Waals surface area (Å²) >= 11 is 0. The van der Waals surface area contributed by atoms with Crippen molar-refractivity contribution in [1.82, 2.24) is 0 Å². The zero-order valence-corrected chi connectivity index (χ0v) is 16.1. The van der Waals surface area contributed by atoms with Crippen LogP contribution in [0.1, 0.15) is 34.8 Å². The molecule has 1 unspecified atom stereocenters.